The first-order valence-electron chi connectivity index (χ1n) is 3.68. The lowest BCUT2D eigenvalue weighted by molar-refractivity contribution is 0.695. The number of nitrogens with two attached hydrogens (primary N) is 1. The van der Waals surface area contributed by atoms with Crippen LogP contribution in [-0.2, 0) is 0 Å². The summed E-state index contributed by atoms with van der Waals surface area (Å²) in [5, 5.41) is 0. The summed E-state index contributed by atoms with van der Waals surface area (Å²) < 4.78 is 0. The van der Waals surface area contributed by atoms with Crippen molar-refractivity contribution in [3.8, 4) is 0 Å². The third-order valence-electron chi connectivity index (χ3n) is 1.44. The van der Waals surface area contributed by atoms with Crippen molar-refractivity contribution in [2.45, 2.75) is 26.7 Å². The van der Waals surface area contributed by atoms with Gasteiger partial charge in [0.25, 0.3) is 0 Å². The van der Waals surface area contributed by atoms with E-state index in [9.17, 15) is 0 Å². The zero-order chi connectivity index (χ0) is 7.11. The van der Waals surface area contributed by atoms with Gasteiger partial charge in [-0.3, -0.25) is 0 Å². The van der Waals surface area contributed by atoms with Gasteiger partial charge in [-0.05, 0) is 18.9 Å². The number of allylic oxidation sites excluding steroid dienone is 1. The van der Waals surface area contributed by atoms with Crippen LogP contribution in [0.25, 0.3) is 0 Å². The predicted octanol–water partition coefficient (Wildman–Crippen LogP) is 1.94. The van der Waals surface area contributed by atoms with E-state index in [2.05, 4.69) is 26.0 Å². The molecule has 0 aliphatic carbocycles. The van der Waals surface area contributed by atoms with Gasteiger partial charge in [-0.15, -0.1) is 0 Å². The molecule has 0 fully saturated rings. The maximum absolute atomic E-state index is 5.30. The summed E-state index contributed by atoms with van der Waals surface area (Å²) in [7, 11) is 0. The van der Waals surface area contributed by atoms with Crippen LogP contribution in [0.1, 0.15) is 26.7 Å². The van der Waals surface area contributed by atoms with Crippen molar-refractivity contribution in [1.82, 2.24) is 0 Å². The first kappa shape index (κ1) is 8.70. The molecule has 0 aromatic heterocycles. The number of hydrogen-bond donors (Lipinski definition) is 1. The van der Waals surface area contributed by atoms with Crippen molar-refractivity contribution >= 4 is 0 Å². The molecule has 0 radical (unpaired) electrons. The van der Waals surface area contributed by atoms with Gasteiger partial charge in [-0.2, -0.15) is 0 Å². The van der Waals surface area contributed by atoms with Gasteiger partial charge in [0.1, 0.15) is 0 Å². The molecule has 0 aliphatic heterocycles. The van der Waals surface area contributed by atoms with E-state index >= 15 is 0 Å². The van der Waals surface area contributed by atoms with Crippen LogP contribution in [0, 0.1) is 5.92 Å². The highest BCUT2D eigenvalue weighted by Gasteiger charge is 1.87. The Balaban J connectivity index is 3.20. The molecule has 0 aliphatic rings. The molecule has 0 rings (SSSR count). The van der Waals surface area contributed by atoms with Crippen LogP contribution in [0.3, 0.4) is 0 Å². The highest BCUT2D eigenvalue weighted by molar-refractivity contribution is 4.85. The van der Waals surface area contributed by atoms with Crippen LogP contribution in [0.5, 0.6) is 0 Å². The summed E-state index contributed by atoms with van der Waals surface area (Å²) in [4.78, 5) is 0. The Morgan fingerprint density at radius 3 is 2.67 bits per heavy atom. The highest BCUT2D eigenvalue weighted by atomic mass is 14.5. The Bertz CT molecular complexity index is 76.6. The van der Waals surface area contributed by atoms with Crippen LogP contribution in [-0.4, -0.2) is 6.54 Å². The first-order chi connectivity index (χ1) is 4.31. The quantitative estimate of drug-likeness (QED) is 0.574. The SMILES string of the molecule is CCC(C)/C=C/CCN. The largest absolute Gasteiger partial charge is 0.330 e. The Morgan fingerprint density at radius 2 is 2.22 bits per heavy atom. The van der Waals surface area contributed by atoms with Gasteiger partial charge in [0.05, 0.1) is 0 Å². The average molecular weight is 127 g/mol. The maximum atomic E-state index is 5.30. The predicted molar refractivity (Wildman–Crippen MR) is 42.3 cm³/mol. The number of rotatable bonds is 4. The second kappa shape index (κ2) is 5.83. The third kappa shape index (κ3) is 5.57. The van der Waals surface area contributed by atoms with Crippen LogP contribution >= 0.6 is 0 Å². The van der Waals surface area contributed by atoms with E-state index in [1.54, 1.807) is 0 Å². The van der Waals surface area contributed by atoms with Crippen LogP contribution < -0.4 is 5.73 Å². The van der Waals surface area contributed by atoms with Crippen molar-refractivity contribution in [2.75, 3.05) is 6.54 Å². The average Bonchev–Trinajstić information content (AvgIpc) is 1.89. The molecule has 0 aromatic rings. The molecule has 1 nitrogen and oxygen atoms in total. The molecular formula is C8H17N. The smallest absolute Gasteiger partial charge is 0.00426 e. The van der Waals surface area contributed by atoms with E-state index < -0.39 is 0 Å². The molecule has 1 atom stereocenters. The van der Waals surface area contributed by atoms with Crippen LogP contribution in [0.4, 0.5) is 0 Å². The fraction of sp³-hybridized carbons (Fsp3) is 0.750. The third-order valence-corrected chi connectivity index (χ3v) is 1.44. The molecule has 0 bridgehead atoms. The molecule has 1 unspecified atom stereocenters. The molecule has 0 saturated carbocycles. The summed E-state index contributed by atoms with van der Waals surface area (Å²) in [6.45, 7) is 5.18. The van der Waals surface area contributed by atoms with Crippen LogP contribution in [0.15, 0.2) is 12.2 Å². The Kier molecular flexibility index (Phi) is 5.64. The van der Waals surface area contributed by atoms with E-state index in [1.807, 2.05) is 0 Å². The Labute approximate surface area is 57.9 Å². The summed E-state index contributed by atoms with van der Waals surface area (Å²) in [5.41, 5.74) is 5.30. The monoisotopic (exact) mass is 127 g/mol. The molecule has 0 amide bonds. The van der Waals surface area contributed by atoms with Crippen molar-refractivity contribution in [3.63, 3.8) is 0 Å². The second-order valence-corrected chi connectivity index (χ2v) is 2.39. The van der Waals surface area contributed by atoms with Gasteiger partial charge in [0.15, 0.2) is 0 Å². The molecular weight excluding hydrogens is 110 g/mol. The van der Waals surface area contributed by atoms with E-state index in [0.717, 1.165) is 18.9 Å². The fourth-order valence-electron chi connectivity index (χ4n) is 0.561. The van der Waals surface area contributed by atoms with Crippen molar-refractivity contribution in [2.24, 2.45) is 11.7 Å². The molecule has 1 heteroatoms. The zero-order valence-electron chi connectivity index (χ0n) is 6.43. The van der Waals surface area contributed by atoms with E-state index in [1.165, 1.54) is 6.42 Å². The first-order valence-corrected chi connectivity index (χ1v) is 3.68. The lowest BCUT2D eigenvalue weighted by Gasteiger charge is -1.97. The Hall–Kier alpha value is -0.300. The standard InChI is InChI=1S/C8H17N/c1-3-8(2)6-4-5-7-9/h4,6,8H,3,5,7,9H2,1-2H3/b6-4+. The van der Waals surface area contributed by atoms with Crippen molar-refractivity contribution in [1.29, 1.82) is 0 Å². The van der Waals surface area contributed by atoms with Crippen LogP contribution in [0.2, 0.25) is 0 Å². The summed E-state index contributed by atoms with van der Waals surface area (Å²) >= 11 is 0. The van der Waals surface area contributed by atoms with Gasteiger partial charge in [0.2, 0.25) is 0 Å². The minimum absolute atomic E-state index is 0.719. The van der Waals surface area contributed by atoms with Gasteiger partial charge in [-0.1, -0.05) is 32.4 Å². The van der Waals surface area contributed by atoms with Gasteiger partial charge < -0.3 is 5.73 Å². The second-order valence-electron chi connectivity index (χ2n) is 2.39. The lowest BCUT2D eigenvalue weighted by atomic mass is 10.1. The molecule has 0 saturated heterocycles. The topological polar surface area (TPSA) is 26.0 Å². The normalized spacial score (nSPS) is 14.6. The minimum Gasteiger partial charge on any atom is -0.330 e. The summed E-state index contributed by atoms with van der Waals surface area (Å²) in [5.74, 6) is 0.719. The van der Waals surface area contributed by atoms with E-state index in [-0.39, 0.29) is 0 Å². The number of hydrogen-bond acceptors (Lipinski definition) is 1. The molecule has 54 valence electrons. The lowest BCUT2D eigenvalue weighted by Crippen LogP contribution is -1.95. The highest BCUT2D eigenvalue weighted by Crippen LogP contribution is 2.01. The molecule has 0 aromatic carbocycles. The molecule has 2 N–H and O–H groups in total. The maximum Gasteiger partial charge on any atom is -0.00426 e. The van der Waals surface area contributed by atoms with Gasteiger partial charge in [0, 0.05) is 0 Å². The van der Waals surface area contributed by atoms with Gasteiger partial charge in [-0.25, -0.2) is 0 Å². The van der Waals surface area contributed by atoms with E-state index in [4.69, 9.17) is 5.73 Å². The molecule has 0 spiro atoms. The summed E-state index contributed by atoms with van der Waals surface area (Å²) in [6, 6.07) is 0. The van der Waals surface area contributed by atoms with E-state index in [0.29, 0.717) is 0 Å². The summed E-state index contributed by atoms with van der Waals surface area (Å²) in [6.07, 6.45) is 6.63. The zero-order valence-corrected chi connectivity index (χ0v) is 6.43. The fourth-order valence-corrected chi connectivity index (χ4v) is 0.561. The molecule has 0 heterocycles. The Morgan fingerprint density at radius 1 is 1.56 bits per heavy atom. The van der Waals surface area contributed by atoms with Crippen molar-refractivity contribution in [3.05, 3.63) is 12.2 Å². The minimum atomic E-state index is 0.719. The van der Waals surface area contributed by atoms with Crippen molar-refractivity contribution < 1.29 is 0 Å². The molecule has 9 heavy (non-hydrogen) atoms. The van der Waals surface area contributed by atoms with Gasteiger partial charge >= 0.3 is 0 Å².